The Morgan fingerprint density at radius 1 is 1.22 bits per heavy atom. The van der Waals surface area contributed by atoms with Crippen LogP contribution in [0.3, 0.4) is 0 Å². The number of hydrogen-bond acceptors (Lipinski definition) is 5. The largest absolute Gasteiger partial charge is 0.478 e. The molecule has 10 heteroatoms. The summed E-state index contributed by atoms with van der Waals surface area (Å²) in [6, 6.07) is 1.98. The van der Waals surface area contributed by atoms with Gasteiger partial charge in [-0.05, 0) is 36.8 Å². The minimum absolute atomic E-state index is 0.0311. The van der Waals surface area contributed by atoms with Crippen molar-refractivity contribution < 1.29 is 24.3 Å². The summed E-state index contributed by atoms with van der Waals surface area (Å²) in [6.45, 7) is 7.73. The maximum absolute atomic E-state index is 12.7. The van der Waals surface area contributed by atoms with E-state index in [9.17, 15) is 24.0 Å². The maximum Gasteiger partial charge on any atom is 0.327 e. The lowest BCUT2D eigenvalue weighted by Crippen LogP contribution is -2.44. The zero-order valence-corrected chi connectivity index (χ0v) is 18.9. The van der Waals surface area contributed by atoms with Crippen molar-refractivity contribution >= 4 is 29.4 Å². The zero-order valence-electron chi connectivity index (χ0n) is 18.9. The van der Waals surface area contributed by atoms with Crippen molar-refractivity contribution in [2.45, 2.75) is 59.5 Å². The van der Waals surface area contributed by atoms with E-state index in [-0.39, 0.29) is 36.4 Å². The van der Waals surface area contributed by atoms with Crippen LogP contribution in [-0.2, 0) is 25.7 Å². The van der Waals surface area contributed by atoms with Crippen LogP contribution >= 0.6 is 0 Å². The van der Waals surface area contributed by atoms with Gasteiger partial charge < -0.3 is 25.6 Å². The quantitative estimate of drug-likeness (QED) is 0.375. The number of aromatic nitrogens is 1. The number of nitrogens with zero attached hydrogens (tertiary/aromatic N) is 1. The summed E-state index contributed by atoms with van der Waals surface area (Å²) in [6.07, 6.45) is 4.94. The minimum atomic E-state index is -1.11. The van der Waals surface area contributed by atoms with Crippen LogP contribution in [0.5, 0.6) is 0 Å². The molecule has 0 bridgehead atoms. The third-order valence-electron chi connectivity index (χ3n) is 4.37. The van der Waals surface area contributed by atoms with E-state index in [2.05, 4.69) is 36.7 Å². The Balaban J connectivity index is 2.81. The van der Waals surface area contributed by atoms with Gasteiger partial charge in [-0.25, -0.2) is 4.79 Å². The molecule has 0 aliphatic rings. The fourth-order valence-corrected chi connectivity index (χ4v) is 2.73. The van der Waals surface area contributed by atoms with Gasteiger partial charge in [0.15, 0.2) is 0 Å². The summed E-state index contributed by atoms with van der Waals surface area (Å²) in [5.74, 6) is -2.49. The molecule has 1 unspecified atom stereocenters. The highest BCUT2D eigenvalue weighted by Gasteiger charge is 2.20. The summed E-state index contributed by atoms with van der Waals surface area (Å²) >= 11 is 0. The Bertz CT molecular complexity index is 914. The molecule has 0 saturated carbocycles. The van der Waals surface area contributed by atoms with Crippen LogP contribution in [0.25, 0.3) is 0 Å². The summed E-state index contributed by atoms with van der Waals surface area (Å²) in [5.41, 5.74) is -0.516. The van der Waals surface area contributed by atoms with Gasteiger partial charge in [0.1, 0.15) is 18.3 Å². The number of carbonyl (C=O) groups is 4. The summed E-state index contributed by atoms with van der Waals surface area (Å²) in [7, 11) is 0. The average molecular weight is 449 g/mol. The smallest absolute Gasteiger partial charge is 0.327 e. The molecule has 1 atom stereocenters. The number of nitrogens with one attached hydrogen (secondary N) is 3. The van der Waals surface area contributed by atoms with E-state index < -0.39 is 29.4 Å². The van der Waals surface area contributed by atoms with Crippen molar-refractivity contribution in [1.29, 1.82) is 0 Å². The number of pyridine rings is 1. The van der Waals surface area contributed by atoms with E-state index in [0.29, 0.717) is 6.54 Å². The van der Waals surface area contributed by atoms with Crippen molar-refractivity contribution in [2.75, 3.05) is 11.9 Å². The maximum atomic E-state index is 12.7. The number of allylic oxidation sites excluding steroid dienone is 1. The Hall–Kier alpha value is -3.43. The molecule has 0 aromatic carbocycles. The van der Waals surface area contributed by atoms with Crippen LogP contribution in [0.4, 0.5) is 5.69 Å². The van der Waals surface area contributed by atoms with Gasteiger partial charge in [-0.2, -0.15) is 0 Å². The van der Waals surface area contributed by atoms with Gasteiger partial charge in [-0.1, -0.05) is 26.8 Å². The molecule has 1 aromatic heterocycles. The predicted octanol–water partition coefficient (Wildman–Crippen LogP) is 1.26. The van der Waals surface area contributed by atoms with Crippen molar-refractivity contribution in [2.24, 2.45) is 5.41 Å². The lowest BCUT2D eigenvalue weighted by atomic mass is 9.92. The van der Waals surface area contributed by atoms with Crippen LogP contribution in [0.2, 0.25) is 0 Å². The number of hydrogen-bond donors (Lipinski definition) is 4. The van der Waals surface area contributed by atoms with Crippen LogP contribution in [0.15, 0.2) is 35.3 Å². The number of carbonyl (C=O) groups excluding carboxylic acids is 3. The van der Waals surface area contributed by atoms with Gasteiger partial charge in [-0.3, -0.25) is 19.2 Å². The van der Waals surface area contributed by atoms with E-state index >= 15 is 0 Å². The molecule has 0 saturated heterocycles. The van der Waals surface area contributed by atoms with Crippen molar-refractivity contribution in [3.05, 3.63) is 40.8 Å². The highest BCUT2D eigenvalue weighted by Crippen LogP contribution is 2.16. The third-order valence-corrected chi connectivity index (χ3v) is 4.37. The first-order valence-corrected chi connectivity index (χ1v) is 10.3. The van der Waals surface area contributed by atoms with Gasteiger partial charge in [-0.15, -0.1) is 0 Å². The van der Waals surface area contributed by atoms with E-state index in [1.807, 2.05) is 0 Å². The van der Waals surface area contributed by atoms with Crippen LogP contribution in [0, 0.1) is 5.41 Å². The van der Waals surface area contributed by atoms with Crippen LogP contribution in [0.1, 0.15) is 47.0 Å². The molecule has 1 rings (SSSR count). The zero-order chi connectivity index (χ0) is 24.3. The fraction of sp³-hybridized carbons (Fsp3) is 0.500. The molecule has 0 radical (unpaired) electrons. The van der Waals surface area contributed by atoms with Crippen LogP contribution in [-0.4, -0.2) is 46.0 Å². The van der Waals surface area contributed by atoms with Gasteiger partial charge in [0.05, 0.1) is 0 Å². The SMILES string of the molecule is CC(=O)NC(CCC=CC(=O)O)C(=O)Nc1cccn(CC(=O)NCCC(C)(C)C)c1=O. The van der Waals surface area contributed by atoms with Gasteiger partial charge in [0.2, 0.25) is 17.7 Å². The highest BCUT2D eigenvalue weighted by molar-refractivity contribution is 5.96. The second-order valence-corrected chi connectivity index (χ2v) is 8.58. The minimum Gasteiger partial charge on any atom is -0.478 e. The average Bonchev–Trinajstić information content (AvgIpc) is 2.65. The first-order valence-electron chi connectivity index (χ1n) is 10.3. The molecule has 176 valence electrons. The number of rotatable bonds is 11. The van der Waals surface area contributed by atoms with E-state index in [0.717, 1.165) is 12.5 Å². The molecule has 32 heavy (non-hydrogen) atoms. The van der Waals surface area contributed by atoms with Crippen LogP contribution < -0.4 is 21.5 Å². The molecule has 0 aliphatic carbocycles. The molecule has 1 heterocycles. The van der Waals surface area contributed by atoms with Crippen molar-refractivity contribution in [3.63, 3.8) is 0 Å². The number of carboxylic acid groups (broad SMARTS) is 1. The molecule has 0 spiro atoms. The third kappa shape index (κ3) is 10.6. The Morgan fingerprint density at radius 2 is 1.91 bits per heavy atom. The summed E-state index contributed by atoms with van der Waals surface area (Å²) in [5, 5.41) is 16.4. The lowest BCUT2D eigenvalue weighted by molar-refractivity contribution is -0.131. The Kier molecular flexibility index (Phi) is 10.3. The monoisotopic (exact) mass is 448 g/mol. The molecular weight excluding hydrogens is 416 g/mol. The molecule has 1 aromatic rings. The molecule has 0 fully saturated rings. The number of anilines is 1. The summed E-state index contributed by atoms with van der Waals surface area (Å²) < 4.78 is 1.19. The predicted molar refractivity (Wildman–Crippen MR) is 120 cm³/mol. The molecule has 3 amide bonds. The second-order valence-electron chi connectivity index (χ2n) is 8.58. The topological polar surface area (TPSA) is 147 Å². The Morgan fingerprint density at radius 3 is 2.50 bits per heavy atom. The first kappa shape index (κ1) is 26.6. The molecular formula is C22H32N4O6. The summed E-state index contributed by atoms with van der Waals surface area (Å²) in [4.78, 5) is 59.4. The molecule has 10 nitrogen and oxygen atoms in total. The van der Waals surface area contributed by atoms with E-state index in [4.69, 9.17) is 5.11 Å². The second kappa shape index (κ2) is 12.4. The number of carboxylic acids is 1. The highest BCUT2D eigenvalue weighted by atomic mass is 16.4. The van der Waals surface area contributed by atoms with Gasteiger partial charge >= 0.3 is 5.97 Å². The first-order chi connectivity index (χ1) is 14.9. The van der Waals surface area contributed by atoms with E-state index in [1.165, 1.54) is 35.9 Å². The molecule has 0 aliphatic heterocycles. The normalized spacial score (nSPS) is 12.2. The molecule has 4 N–H and O–H groups in total. The van der Waals surface area contributed by atoms with Gasteiger partial charge in [0, 0.05) is 25.7 Å². The number of aliphatic carboxylic acids is 1. The Labute approximate surface area is 187 Å². The standard InChI is InChI=1S/C22H32N4O6/c1-15(27)24-16(8-5-6-10-19(29)30)20(31)25-17-9-7-13-26(21(17)32)14-18(28)23-12-11-22(2,3)4/h6-7,9-10,13,16H,5,8,11-12,14H2,1-4H3,(H,23,28)(H,24,27)(H,25,31)(H,29,30). The van der Waals surface area contributed by atoms with E-state index in [1.54, 1.807) is 0 Å². The fourth-order valence-electron chi connectivity index (χ4n) is 2.73. The van der Waals surface area contributed by atoms with Crippen molar-refractivity contribution in [1.82, 2.24) is 15.2 Å². The lowest BCUT2D eigenvalue weighted by Gasteiger charge is -2.18. The van der Waals surface area contributed by atoms with Gasteiger partial charge in [0.25, 0.3) is 5.56 Å². The van der Waals surface area contributed by atoms with Crippen molar-refractivity contribution in [3.8, 4) is 0 Å². The number of amides is 3.